The molecule has 3 aromatic rings. The summed E-state index contributed by atoms with van der Waals surface area (Å²) in [5.41, 5.74) is 2.09. The van der Waals surface area contributed by atoms with Crippen LogP contribution in [0.5, 0.6) is 11.5 Å². The van der Waals surface area contributed by atoms with Gasteiger partial charge in [-0.15, -0.1) is 0 Å². The van der Waals surface area contributed by atoms with E-state index < -0.39 is 6.16 Å². The van der Waals surface area contributed by atoms with Gasteiger partial charge in [0.2, 0.25) is 0 Å². The molecule has 3 nitrogen and oxygen atoms in total. The molecular formula is C20H16O3. The molecule has 0 aliphatic rings. The van der Waals surface area contributed by atoms with Crippen molar-refractivity contribution in [2.75, 3.05) is 0 Å². The molecule has 0 spiro atoms. The van der Waals surface area contributed by atoms with Crippen LogP contribution >= 0.6 is 0 Å². The van der Waals surface area contributed by atoms with Crippen molar-refractivity contribution in [3.05, 3.63) is 96.1 Å². The van der Waals surface area contributed by atoms with E-state index in [4.69, 9.17) is 9.47 Å². The third-order valence-corrected chi connectivity index (χ3v) is 3.35. The normalized spacial score (nSPS) is 10.1. The van der Waals surface area contributed by atoms with Crippen LogP contribution in [0.15, 0.2) is 84.9 Å². The van der Waals surface area contributed by atoms with Crippen molar-refractivity contribution >= 4 is 6.16 Å². The second-order valence-corrected chi connectivity index (χ2v) is 5.04. The molecule has 3 rings (SSSR count). The van der Waals surface area contributed by atoms with Crippen molar-refractivity contribution in [1.82, 2.24) is 0 Å². The van der Waals surface area contributed by atoms with Gasteiger partial charge in [0.25, 0.3) is 0 Å². The van der Waals surface area contributed by atoms with Crippen molar-refractivity contribution in [2.45, 2.75) is 6.42 Å². The average Bonchev–Trinajstić information content (AvgIpc) is 2.58. The Hall–Kier alpha value is -3.07. The van der Waals surface area contributed by atoms with Gasteiger partial charge in [-0.05, 0) is 29.3 Å². The summed E-state index contributed by atoms with van der Waals surface area (Å²) in [5, 5.41) is 0. The summed E-state index contributed by atoms with van der Waals surface area (Å²) in [4.78, 5) is 11.9. The minimum atomic E-state index is -0.739. The Kier molecular flexibility index (Phi) is 4.69. The molecule has 3 heteroatoms. The standard InChI is InChI=1S/C20H16O3/c21-20(22-18-12-5-2-6-13-18)23-19-14-8-7-11-17(19)15-16-9-3-1-4-10-16/h1-14H,15H2. The largest absolute Gasteiger partial charge is 0.519 e. The van der Waals surface area contributed by atoms with E-state index in [9.17, 15) is 4.79 Å². The number of carbonyl (C=O) groups excluding carboxylic acids is 1. The maximum Gasteiger partial charge on any atom is 0.519 e. The molecule has 0 bridgehead atoms. The molecule has 0 saturated heterocycles. The van der Waals surface area contributed by atoms with Crippen LogP contribution in [-0.4, -0.2) is 6.16 Å². The lowest BCUT2D eigenvalue weighted by atomic mass is 10.0. The van der Waals surface area contributed by atoms with E-state index in [-0.39, 0.29) is 0 Å². The van der Waals surface area contributed by atoms with Gasteiger partial charge < -0.3 is 9.47 Å². The van der Waals surface area contributed by atoms with E-state index in [1.807, 2.05) is 54.6 Å². The van der Waals surface area contributed by atoms with Gasteiger partial charge in [-0.25, -0.2) is 4.79 Å². The second kappa shape index (κ2) is 7.27. The Balaban J connectivity index is 1.71. The molecule has 0 aliphatic heterocycles. The van der Waals surface area contributed by atoms with E-state index in [0.717, 1.165) is 11.1 Å². The number of hydrogen-bond acceptors (Lipinski definition) is 3. The number of carbonyl (C=O) groups is 1. The average molecular weight is 304 g/mol. The Morgan fingerprint density at radius 3 is 2.04 bits per heavy atom. The number of para-hydroxylation sites is 2. The number of benzene rings is 3. The molecule has 0 N–H and O–H groups in total. The SMILES string of the molecule is O=C(Oc1ccccc1)Oc1ccccc1Cc1ccccc1. The lowest BCUT2D eigenvalue weighted by Gasteiger charge is -2.10. The number of hydrogen-bond donors (Lipinski definition) is 0. The third-order valence-electron chi connectivity index (χ3n) is 3.35. The van der Waals surface area contributed by atoms with Gasteiger partial charge in [-0.2, -0.15) is 0 Å². The Morgan fingerprint density at radius 2 is 1.30 bits per heavy atom. The first-order chi connectivity index (χ1) is 11.3. The van der Waals surface area contributed by atoms with E-state index in [2.05, 4.69) is 0 Å². The highest BCUT2D eigenvalue weighted by molar-refractivity contribution is 5.67. The first-order valence-corrected chi connectivity index (χ1v) is 7.38. The van der Waals surface area contributed by atoms with E-state index in [1.165, 1.54) is 0 Å². The van der Waals surface area contributed by atoms with E-state index in [1.54, 1.807) is 30.3 Å². The van der Waals surface area contributed by atoms with Crippen LogP contribution in [0.1, 0.15) is 11.1 Å². The van der Waals surface area contributed by atoms with Gasteiger partial charge in [-0.3, -0.25) is 0 Å². The summed E-state index contributed by atoms with van der Waals surface area (Å²) in [6, 6.07) is 26.4. The lowest BCUT2D eigenvalue weighted by molar-refractivity contribution is 0.151. The van der Waals surface area contributed by atoms with Crippen molar-refractivity contribution in [3.8, 4) is 11.5 Å². The summed E-state index contributed by atoms with van der Waals surface area (Å²) in [6.07, 6.45) is -0.0490. The fraction of sp³-hybridized carbons (Fsp3) is 0.0500. The van der Waals surface area contributed by atoms with Crippen molar-refractivity contribution in [3.63, 3.8) is 0 Å². The Bertz CT molecular complexity index is 767. The fourth-order valence-electron chi connectivity index (χ4n) is 2.26. The van der Waals surface area contributed by atoms with Crippen molar-refractivity contribution in [2.24, 2.45) is 0 Å². The molecule has 0 aromatic heterocycles. The van der Waals surface area contributed by atoms with Crippen LogP contribution in [0, 0.1) is 0 Å². The smallest absolute Gasteiger partial charge is 0.395 e. The van der Waals surface area contributed by atoms with Gasteiger partial charge in [-0.1, -0.05) is 66.7 Å². The molecule has 0 fully saturated rings. The summed E-state index contributed by atoms with van der Waals surface area (Å²) in [6.45, 7) is 0. The minimum absolute atomic E-state index is 0.457. The Labute approximate surface area is 135 Å². The topological polar surface area (TPSA) is 35.5 Å². The van der Waals surface area contributed by atoms with Gasteiger partial charge in [0.05, 0.1) is 0 Å². The predicted octanol–water partition coefficient (Wildman–Crippen LogP) is 4.86. The summed E-state index contributed by atoms with van der Waals surface area (Å²) < 4.78 is 10.5. The molecule has 3 aromatic carbocycles. The van der Waals surface area contributed by atoms with Crippen LogP contribution in [-0.2, 0) is 6.42 Å². The molecule has 0 atom stereocenters. The van der Waals surface area contributed by atoms with Crippen LogP contribution in [0.3, 0.4) is 0 Å². The predicted molar refractivity (Wildman–Crippen MR) is 88.8 cm³/mol. The molecule has 0 heterocycles. The summed E-state index contributed by atoms with van der Waals surface area (Å²) in [7, 11) is 0. The molecule has 0 unspecified atom stereocenters. The lowest BCUT2D eigenvalue weighted by Crippen LogP contribution is -2.14. The van der Waals surface area contributed by atoms with Gasteiger partial charge in [0, 0.05) is 6.42 Å². The first-order valence-electron chi connectivity index (χ1n) is 7.38. The molecule has 23 heavy (non-hydrogen) atoms. The number of ether oxygens (including phenoxy) is 2. The van der Waals surface area contributed by atoms with Gasteiger partial charge in [0.1, 0.15) is 11.5 Å². The van der Waals surface area contributed by atoms with E-state index in [0.29, 0.717) is 17.9 Å². The molecule has 0 radical (unpaired) electrons. The first kappa shape index (κ1) is 14.9. The zero-order chi connectivity index (χ0) is 15.9. The van der Waals surface area contributed by atoms with Crippen molar-refractivity contribution < 1.29 is 14.3 Å². The van der Waals surface area contributed by atoms with Gasteiger partial charge >= 0.3 is 6.16 Å². The molecule has 0 saturated carbocycles. The maximum absolute atomic E-state index is 11.9. The fourth-order valence-corrected chi connectivity index (χ4v) is 2.26. The maximum atomic E-state index is 11.9. The van der Waals surface area contributed by atoms with Crippen LogP contribution in [0.25, 0.3) is 0 Å². The highest BCUT2D eigenvalue weighted by Crippen LogP contribution is 2.22. The summed E-state index contributed by atoms with van der Waals surface area (Å²) in [5.74, 6) is 0.968. The van der Waals surface area contributed by atoms with Crippen LogP contribution < -0.4 is 9.47 Å². The molecular weight excluding hydrogens is 288 g/mol. The second-order valence-electron chi connectivity index (χ2n) is 5.04. The van der Waals surface area contributed by atoms with Crippen molar-refractivity contribution in [1.29, 1.82) is 0 Å². The molecule has 0 amide bonds. The highest BCUT2D eigenvalue weighted by Gasteiger charge is 2.11. The zero-order valence-electron chi connectivity index (χ0n) is 12.5. The van der Waals surface area contributed by atoms with Gasteiger partial charge in [0.15, 0.2) is 0 Å². The van der Waals surface area contributed by atoms with E-state index >= 15 is 0 Å². The van der Waals surface area contributed by atoms with Crippen LogP contribution in [0.4, 0.5) is 4.79 Å². The zero-order valence-corrected chi connectivity index (χ0v) is 12.5. The summed E-state index contributed by atoms with van der Waals surface area (Å²) >= 11 is 0. The highest BCUT2D eigenvalue weighted by atomic mass is 16.7. The minimum Gasteiger partial charge on any atom is -0.395 e. The quantitative estimate of drug-likeness (QED) is 0.510. The van der Waals surface area contributed by atoms with Crippen LogP contribution in [0.2, 0.25) is 0 Å². The Morgan fingerprint density at radius 1 is 0.696 bits per heavy atom. The third kappa shape index (κ3) is 4.20. The number of rotatable bonds is 4. The molecule has 114 valence electrons. The monoisotopic (exact) mass is 304 g/mol. The molecule has 0 aliphatic carbocycles.